The summed E-state index contributed by atoms with van der Waals surface area (Å²) in [5.74, 6) is -0.724. The third kappa shape index (κ3) is 3.68. The van der Waals surface area contributed by atoms with E-state index in [1.165, 1.54) is 0 Å². The van der Waals surface area contributed by atoms with Gasteiger partial charge in [-0.2, -0.15) is 0 Å². The Labute approximate surface area is 191 Å². The zero-order valence-corrected chi connectivity index (χ0v) is 18.1. The Morgan fingerprint density at radius 1 is 0.788 bits per heavy atom. The Morgan fingerprint density at radius 3 is 2.15 bits per heavy atom. The average Bonchev–Trinajstić information content (AvgIpc) is 3.08. The largest absolute Gasteiger partial charge is 0.325 e. The standard InChI is InChI=1S/C28H22N2O3/c1-28(24-16-15-20-9-5-6-10-23(20)17-24)26(32)30(27(33)29-28)18-25(31)22-13-11-21(12-14-22)19-7-3-2-4-8-19/h2-17H,18H2,1H3,(H,29,33). The van der Waals surface area contributed by atoms with E-state index in [1.54, 1.807) is 19.1 Å². The van der Waals surface area contributed by atoms with Gasteiger partial charge in [-0.15, -0.1) is 0 Å². The Balaban J connectivity index is 1.36. The summed E-state index contributed by atoms with van der Waals surface area (Å²) in [6, 6.07) is 30.0. The minimum Gasteiger partial charge on any atom is -0.319 e. The van der Waals surface area contributed by atoms with Gasteiger partial charge in [-0.05, 0) is 40.5 Å². The third-order valence-electron chi connectivity index (χ3n) is 6.22. The molecule has 33 heavy (non-hydrogen) atoms. The SMILES string of the molecule is CC1(c2ccc3ccccc3c2)NC(=O)N(CC(=O)c2ccc(-c3ccccc3)cc2)C1=O. The first-order valence-electron chi connectivity index (χ1n) is 10.8. The molecule has 0 radical (unpaired) electrons. The average molecular weight is 434 g/mol. The molecule has 1 unspecified atom stereocenters. The molecule has 0 aliphatic carbocycles. The first-order chi connectivity index (χ1) is 16.0. The summed E-state index contributed by atoms with van der Waals surface area (Å²) in [4.78, 5) is 39.8. The fourth-order valence-electron chi connectivity index (χ4n) is 4.25. The summed E-state index contributed by atoms with van der Waals surface area (Å²) in [5.41, 5.74) is 1.96. The molecule has 1 saturated heterocycles. The van der Waals surface area contributed by atoms with Crippen molar-refractivity contribution in [2.45, 2.75) is 12.5 Å². The second-order valence-corrected chi connectivity index (χ2v) is 8.37. The first-order valence-corrected chi connectivity index (χ1v) is 10.8. The second kappa shape index (κ2) is 8.02. The number of fused-ring (bicyclic) bond motifs is 1. The molecule has 5 heteroatoms. The number of urea groups is 1. The highest BCUT2D eigenvalue weighted by atomic mass is 16.2. The van der Waals surface area contributed by atoms with Crippen molar-refractivity contribution in [2.75, 3.05) is 6.54 Å². The van der Waals surface area contributed by atoms with Crippen LogP contribution in [0, 0.1) is 0 Å². The number of amides is 3. The van der Waals surface area contributed by atoms with Gasteiger partial charge >= 0.3 is 6.03 Å². The van der Waals surface area contributed by atoms with Crippen molar-refractivity contribution >= 4 is 28.5 Å². The summed E-state index contributed by atoms with van der Waals surface area (Å²) in [6.07, 6.45) is 0. The second-order valence-electron chi connectivity index (χ2n) is 8.37. The van der Waals surface area contributed by atoms with Gasteiger partial charge < -0.3 is 5.32 Å². The molecule has 5 nitrogen and oxygen atoms in total. The van der Waals surface area contributed by atoms with Crippen molar-refractivity contribution in [3.05, 3.63) is 108 Å². The predicted molar refractivity (Wildman–Crippen MR) is 128 cm³/mol. The topological polar surface area (TPSA) is 66.5 Å². The number of hydrogen-bond acceptors (Lipinski definition) is 3. The quantitative estimate of drug-likeness (QED) is 0.349. The van der Waals surface area contributed by atoms with Crippen molar-refractivity contribution in [1.29, 1.82) is 0 Å². The van der Waals surface area contributed by atoms with Crippen molar-refractivity contribution in [3.63, 3.8) is 0 Å². The molecule has 1 aliphatic heterocycles. The van der Waals surface area contributed by atoms with Crippen LogP contribution in [0.4, 0.5) is 4.79 Å². The van der Waals surface area contributed by atoms with Crippen molar-refractivity contribution < 1.29 is 14.4 Å². The molecule has 4 aromatic rings. The summed E-state index contributed by atoms with van der Waals surface area (Å²) in [7, 11) is 0. The van der Waals surface area contributed by atoms with Gasteiger partial charge in [0, 0.05) is 5.56 Å². The van der Waals surface area contributed by atoms with Gasteiger partial charge in [0.1, 0.15) is 5.54 Å². The Bertz CT molecular complexity index is 1380. The lowest BCUT2D eigenvalue weighted by molar-refractivity contribution is -0.130. The van der Waals surface area contributed by atoms with Crippen LogP contribution in [0.5, 0.6) is 0 Å². The molecular formula is C28H22N2O3. The van der Waals surface area contributed by atoms with Gasteiger partial charge in [0.25, 0.3) is 5.91 Å². The number of benzene rings is 4. The summed E-state index contributed by atoms with van der Waals surface area (Å²) in [5, 5.41) is 4.81. The Hall–Kier alpha value is -4.25. The third-order valence-corrected chi connectivity index (χ3v) is 6.22. The van der Waals surface area contributed by atoms with Gasteiger partial charge in [0.15, 0.2) is 5.78 Å². The number of carbonyl (C=O) groups excluding carboxylic acids is 3. The maximum atomic E-state index is 13.3. The van der Waals surface area contributed by atoms with Gasteiger partial charge in [-0.3, -0.25) is 14.5 Å². The minimum atomic E-state index is -1.22. The van der Waals surface area contributed by atoms with Crippen LogP contribution in [-0.4, -0.2) is 29.2 Å². The molecule has 0 spiro atoms. The van der Waals surface area contributed by atoms with Crippen LogP contribution in [0.3, 0.4) is 0 Å². The molecule has 5 rings (SSSR count). The van der Waals surface area contributed by atoms with Crippen LogP contribution in [0.1, 0.15) is 22.8 Å². The minimum absolute atomic E-state index is 0.291. The number of nitrogens with one attached hydrogen (secondary N) is 1. The highest BCUT2D eigenvalue weighted by Gasteiger charge is 2.49. The molecule has 0 bridgehead atoms. The first kappa shape index (κ1) is 20.6. The molecule has 0 saturated carbocycles. The molecule has 1 N–H and O–H groups in total. The van der Waals surface area contributed by atoms with Crippen molar-refractivity contribution in [3.8, 4) is 11.1 Å². The lowest BCUT2D eigenvalue weighted by Crippen LogP contribution is -2.41. The molecule has 1 fully saturated rings. The van der Waals surface area contributed by atoms with Crippen LogP contribution < -0.4 is 5.32 Å². The molecule has 1 atom stereocenters. The van der Waals surface area contributed by atoms with Crippen molar-refractivity contribution in [2.24, 2.45) is 0 Å². The molecule has 4 aromatic carbocycles. The normalized spacial score (nSPS) is 17.9. The molecule has 1 heterocycles. The maximum Gasteiger partial charge on any atom is 0.325 e. The van der Waals surface area contributed by atoms with Gasteiger partial charge in [0.2, 0.25) is 0 Å². The molecule has 3 amide bonds. The van der Waals surface area contributed by atoms with Crippen molar-refractivity contribution in [1.82, 2.24) is 10.2 Å². The van der Waals surface area contributed by atoms with Crippen LogP contribution in [0.15, 0.2) is 97.1 Å². The van der Waals surface area contributed by atoms with E-state index >= 15 is 0 Å². The van der Waals surface area contributed by atoms with E-state index in [0.717, 1.165) is 26.8 Å². The highest BCUT2D eigenvalue weighted by molar-refractivity contribution is 6.11. The number of Topliss-reactive ketones (excluding diaryl/α,β-unsaturated/α-hetero) is 1. The monoisotopic (exact) mass is 434 g/mol. The van der Waals surface area contributed by atoms with E-state index in [2.05, 4.69) is 5.32 Å². The van der Waals surface area contributed by atoms with E-state index in [9.17, 15) is 14.4 Å². The molecule has 162 valence electrons. The number of imide groups is 1. The molecular weight excluding hydrogens is 412 g/mol. The van der Waals surface area contributed by atoms with E-state index < -0.39 is 17.5 Å². The molecule has 1 aliphatic rings. The highest BCUT2D eigenvalue weighted by Crippen LogP contribution is 2.31. The summed E-state index contributed by atoms with van der Waals surface area (Å²) < 4.78 is 0. The molecule has 0 aromatic heterocycles. The van der Waals surface area contributed by atoms with E-state index in [4.69, 9.17) is 0 Å². The summed E-state index contributed by atoms with van der Waals surface area (Å²) >= 11 is 0. The fraction of sp³-hybridized carbons (Fsp3) is 0.107. The van der Waals surface area contributed by atoms with Gasteiger partial charge in [-0.25, -0.2) is 4.79 Å². The Morgan fingerprint density at radius 2 is 1.42 bits per heavy atom. The summed E-state index contributed by atoms with van der Waals surface area (Å²) in [6.45, 7) is 1.37. The number of rotatable bonds is 5. The number of nitrogens with zero attached hydrogens (tertiary/aromatic N) is 1. The van der Waals surface area contributed by atoms with Crippen LogP contribution in [-0.2, 0) is 10.3 Å². The smallest absolute Gasteiger partial charge is 0.319 e. The number of ketones is 1. The predicted octanol–water partition coefficient (Wildman–Crippen LogP) is 5.16. The maximum absolute atomic E-state index is 13.3. The van der Waals surface area contributed by atoms with Crippen LogP contribution in [0.2, 0.25) is 0 Å². The zero-order valence-electron chi connectivity index (χ0n) is 18.1. The number of carbonyl (C=O) groups is 3. The van der Waals surface area contributed by atoms with Crippen LogP contribution in [0.25, 0.3) is 21.9 Å². The van der Waals surface area contributed by atoms with Crippen LogP contribution >= 0.6 is 0 Å². The lowest BCUT2D eigenvalue weighted by atomic mass is 9.90. The van der Waals surface area contributed by atoms with E-state index in [0.29, 0.717) is 11.1 Å². The Kier molecular flexibility index (Phi) is 5.02. The van der Waals surface area contributed by atoms with Gasteiger partial charge in [0.05, 0.1) is 6.54 Å². The van der Waals surface area contributed by atoms with Gasteiger partial charge in [-0.1, -0.05) is 91.0 Å². The van der Waals surface area contributed by atoms with E-state index in [-0.39, 0.29) is 12.3 Å². The lowest BCUT2D eigenvalue weighted by Gasteiger charge is -2.22. The number of hydrogen-bond donors (Lipinski definition) is 1. The fourth-order valence-corrected chi connectivity index (χ4v) is 4.25. The van der Waals surface area contributed by atoms with E-state index in [1.807, 2.05) is 84.9 Å². The zero-order chi connectivity index (χ0) is 23.0.